The van der Waals surface area contributed by atoms with Gasteiger partial charge in [-0.05, 0) is 50.9 Å². The highest BCUT2D eigenvalue weighted by Crippen LogP contribution is 2.40. The van der Waals surface area contributed by atoms with Gasteiger partial charge in [-0.25, -0.2) is 4.39 Å². The fourth-order valence-electron chi connectivity index (χ4n) is 3.85. The van der Waals surface area contributed by atoms with Crippen LogP contribution < -0.4 is 4.74 Å². The van der Waals surface area contributed by atoms with Gasteiger partial charge in [0.25, 0.3) is 0 Å². The predicted molar refractivity (Wildman–Crippen MR) is 79.3 cm³/mol. The van der Waals surface area contributed by atoms with Crippen molar-refractivity contribution >= 4 is 5.78 Å². The Kier molecular flexibility index (Phi) is 3.98. The Hall–Kier alpha value is -1.42. The molecule has 0 bridgehead atoms. The summed E-state index contributed by atoms with van der Waals surface area (Å²) in [6.45, 7) is 1.92. The van der Waals surface area contributed by atoms with E-state index in [0.29, 0.717) is 5.75 Å². The third-order valence-corrected chi connectivity index (χ3v) is 4.99. The molecule has 0 radical (unpaired) electrons. The largest absolute Gasteiger partial charge is 0.497 e. The molecule has 21 heavy (non-hydrogen) atoms. The van der Waals surface area contributed by atoms with Gasteiger partial charge >= 0.3 is 0 Å². The molecule has 0 aromatic heterocycles. The summed E-state index contributed by atoms with van der Waals surface area (Å²) < 4.78 is 19.3. The minimum Gasteiger partial charge on any atom is -0.497 e. The number of nitrogens with zero attached hydrogens (tertiary/aromatic N) is 1. The van der Waals surface area contributed by atoms with E-state index in [4.69, 9.17) is 4.74 Å². The van der Waals surface area contributed by atoms with Crippen LogP contribution in [0.15, 0.2) is 18.2 Å². The van der Waals surface area contributed by atoms with E-state index >= 15 is 0 Å². The van der Waals surface area contributed by atoms with Crippen molar-refractivity contribution in [2.75, 3.05) is 20.2 Å². The number of hydrogen-bond acceptors (Lipinski definition) is 3. The molecule has 0 atom stereocenters. The van der Waals surface area contributed by atoms with Crippen molar-refractivity contribution in [2.45, 2.75) is 44.1 Å². The predicted octanol–water partition coefficient (Wildman–Crippen LogP) is 3.43. The molecular weight excluding hydrogens is 269 g/mol. The molecular formula is C17H22FNO2. The number of methoxy groups -OCH3 is 1. The van der Waals surface area contributed by atoms with E-state index in [9.17, 15) is 9.18 Å². The molecule has 3 rings (SSSR count). The molecule has 1 aliphatic carbocycles. The molecule has 2 aliphatic rings. The lowest BCUT2D eigenvalue weighted by Gasteiger charge is -2.37. The first-order valence-electron chi connectivity index (χ1n) is 7.81. The number of ketones is 1. The number of benzene rings is 1. The maximum Gasteiger partial charge on any atom is 0.186 e. The molecule has 3 nitrogen and oxygen atoms in total. The maximum absolute atomic E-state index is 14.3. The van der Waals surface area contributed by atoms with Gasteiger partial charge in [0.2, 0.25) is 0 Å². The summed E-state index contributed by atoms with van der Waals surface area (Å²) in [6.07, 6.45) is 6.11. The van der Waals surface area contributed by atoms with Crippen LogP contribution in [0.4, 0.5) is 4.39 Å². The van der Waals surface area contributed by atoms with Gasteiger partial charge in [-0.3, -0.25) is 9.69 Å². The van der Waals surface area contributed by atoms with Crippen molar-refractivity contribution in [2.24, 2.45) is 0 Å². The Balaban J connectivity index is 1.94. The molecule has 114 valence electrons. The van der Waals surface area contributed by atoms with E-state index in [1.165, 1.54) is 13.2 Å². The molecule has 1 heterocycles. The zero-order valence-electron chi connectivity index (χ0n) is 12.5. The normalized spacial score (nSPS) is 21.6. The third kappa shape index (κ3) is 2.46. The number of carbonyl (C=O) groups is 1. The first-order valence-corrected chi connectivity index (χ1v) is 7.81. The standard InChI is InChI=1S/C17H22FNO2/c1-21-13-6-7-14(15(18)12-13)16(20)17(8-2-3-9-17)19-10-4-5-11-19/h6-7,12H,2-5,8-11H2,1H3. The van der Waals surface area contributed by atoms with E-state index in [2.05, 4.69) is 4.90 Å². The van der Waals surface area contributed by atoms with Gasteiger partial charge < -0.3 is 4.74 Å². The number of rotatable bonds is 4. The lowest BCUT2D eigenvalue weighted by molar-refractivity contribution is 0.0622. The Morgan fingerprint density at radius 1 is 1.19 bits per heavy atom. The maximum atomic E-state index is 14.3. The van der Waals surface area contributed by atoms with Gasteiger partial charge in [0.1, 0.15) is 11.6 Å². The quantitative estimate of drug-likeness (QED) is 0.796. The summed E-state index contributed by atoms with van der Waals surface area (Å²) in [7, 11) is 1.50. The molecule has 0 unspecified atom stereocenters. The minimum absolute atomic E-state index is 0.0398. The minimum atomic E-state index is -0.468. The van der Waals surface area contributed by atoms with Gasteiger partial charge in [0.15, 0.2) is 5.78 Å². The zero-order valence-corrected chi connectivity index (χ0v) is 12.5. The second kappa shape index (κ2) is 5.76. The van der Waals surface area contributed by atoms with Crippen molar-refractivity contribution in [3.8, 4) is 5.75 Å². The molecule has 1 aromatic carbocycles. The highest BCUT2D eigenvalue weighted by atomic mass is 19.1. The van der Waals surface area contributed by atoms with Crippen LogP contribution in [0.1, 0.15) is 48.9 Å². The van der Waals surface area contributed by atoms with Gasteiger partial charge in [0, 0.05) is 6.07 Å². The molecule has 1 saturated carbocycles. The number of ether oxygens (including phenoxy) is 1. The Morgan fingerprint density at radius 3 is 2.43 bits per heavy atom. The molecule has 0 spiro atoms. The molecule has 0 amide bonds. The Labute approximate surface area is 125 Å². The van der Waals surface area contributed by atoms with Crippen LogP contribution >= 0.6 is 0 Å². The van der Waals surface area contributed by atoms with E-state index < -0.39 is 11.4 Å². The van der Waals surface area contributed by atoms with Crippen molar-refractivity contribution in [3.05, 3.63) is 29.6 Å². The van der Waals surface area contributed by atoms with Crippen LogP contribution in [-0.4, -0.2) is 36.4 Å². The van der Waals surface area contributed by atoms with E-state index in [1.807, 2.05) is 0 Å². The molecule has 4 heteroatoms. The summed E-state index contributed by atoms with van der Waals surface area (Å²) >= 11 is 0. The fraction of sp³-hybridized carbons (Fsp3) is 0.588. The van der Waals surface area contributed by atoms with Crippen LogP contribution in [0, 0.1) is 5.82 Å². The SMILES string of the molecule is COc1ccc(C(=O)C2(N3CCCC3)CCCC2)c(F)c1. The van der Waals surface area contributed by atoms with Gasteiger partial charge in [-0.15, -0.1) is 0 Å². The average Bonchev–Trinajstić information content (AvgIpc) is 3.17. The lowest BCUT2D eigenvalue weighted by atomic mass is 9.85. The lowest BCUT2D eigenvalue weighted by Crippen LogP contribution is -2.51. The summed E-state index contributed by atoms with van der Waals surface area (Å²) in [5.41, 5.74) is -0.254. The fourth-order valence-corrected chi connectivity index (χ4v) is 3.85. The summed E-state index contributed by atoms with van der Waals surface area (Å²) in [5.74, 6) is -0.0578. The second-order valence-electron chi connectivity index (χ2n) is 6.11. The average molecular weight is 291 g/mol. The van der Waals surface area contributed by atoms with E-state index in [-0.39, 0.29) is 11.3 Å². The van der Waals surface area contributed by atoms with Crippen molar-refractivity contribution in [1.29, 1.82) is 0 Å². The Morgan fingerprint density at radius 2 is 1.86 bits per heavy atom. The summed E-state index contributed by atoms with van der Waals surface area (Å²) in [4.78, 5) is 15.4. The highest BCUT2D eigenvalue weighted by molar-refractivity contribution is 6.03. The Bertz CT molecular complexity index is 532. The van der Waals surface area contributed by atoms with Crippen LogP contribution in [0.25, 0.3) is 0 Å². The topological polar surface area (TPSA) is 29.5 Å². The highest BCUT2D eigenvalue weighted by Gasteiger charge is 2.47. The third-order valence-electron chi connectivity index (χ3n) is 4.99. The summed E-state index contributed by atoms with van der Waals surface area (Å²) in [5, 5.41) is 0. The van der Waals surface area contributed by atoms with Crippen LogP contribution in [0.5, 0.6) is 5.75 Å². The number of Topliss-reactive ketones (excluding diaryl/α,β-unsaturated/α-hetero) is 1. The first kappa shape index (κ1) is 14.5. The second-order valence-corrected chi connectivity index (χ2v) is 6.11. The van der Waals surface area contributed by atoms with Crippen molar-refractivity contribution in [3.63, 3.8) is 0 Å². The van der Waals surface area contributed by atoms with Gasteiger partial charge in [-0.2, -0.15) is 0 Å². The zero-order chi connectivity index (χ0) is 14.9. The molecule has 1 aromatic rings. The van der Waals surface area contributed by atoms with Crippen LogP contribution in [0.2, 0.25) is 0 Å². The molecule has 2 fully saturated rings. The number of halogens is 1. The van der Waals surface area contributed by atoms with Gasteiger partial charge in [-0.1, -0.05) is 12.8 Å². The number of hydrogen-bond donors (Lipinski definition) is 0. The van der Waals surface area contributed by atoms with E-state index in [0.717, 1.165) is 51.6 Å². The van der Waals surface area contributed by atoms with Crippen molar-refractivity contribution < 1.29 is 13.9 Å². The number of carbonyl (C=O) groups excluding carboxylic acids is 1. The van der Waals surface area contributed by atoms with Gasteiger partial charge in [0.05, 0.1) is 18.2 Å². The first-order chi connectivity index (χ1) is 10.2. The molecule has 0 N–H and O–H groups in total. The molecule has 1 aliphatic heterocycles. The van der Waals surface area contributed by atoms with Crippen molar-refractivity contribution in [1.82, 2.24) is 4.90 Å². The molecule has 1 saturated heterocycles. The summed E-state index contributed by atoms with van der Waals surface area (Å²) in [6, 6.07) is 4.55. The van der Waals surface area contributed by atoms with Crippen LogP contribution in [0.3, 0.4) is 0 Å². The van der Waals surface area contributed by atoms with Crippen LogP contribution in [-0.2, 0) is 0 Å². The number of likely N-dealkylation sites (tertiary alicyclic amines) is 1. The smallest absolute Gasteiger partial charge is 0.186 e. The van der Waals surface area contributed by atoms with E-state index in [1.54, 1.807) is 12.1 Å². The monoisotopic (exact) mass is 291 g/mol.